The van der Waals surface area contributed by atoms with Gasteiger partial charge in [-0.2, -0.15) is 0 Å². The molecule has 1 spiro atoms. The number of fused-ring (bicyclic) bond motifs is 1. The molecule has 2 aromatic carbocycles. The molecule has 0 radical (unpaired) electrons. The van der Waals surface area contributed by atoms with Crippen LogP contribution in [0.4, 0.5) is 17.1 Å². The van der Waals surface area contributed by atoms with Crippen LogP contribution in [0.3, 0.4) is 0 Å². The summed E-state index contributed by atoms with van der Waals surface area (Å²) in [6, 6.07) is 14.1. The number of likely N-dealkylation sites (tertiary alicyclic amines) is 1. The van der Waals surface area contributed by atoms with Crippen LogP contribution >= 0.6 is 0 Å². The summed E-state index contributed by atoms with van der Waals surface area (Å²) in [5.41, 5.74) is 0.368. The number of unbranched alkanes of at least 4 members (excludes halogenated alkanes) is 3. The normalized spacial score (nSPS) is 26.6. The molecule has 5 rings (SSSR count). The Labute approximate surface area is 266 Å². The highest BCUT2D eigenvalue weighted by Crippen LogP contribution is 2.63. The van der Waals surface area contributed by atoms with E-state index in [0.717, 1.165) is 31.6 Å². The molecular formula is C35H48N4O6. The Morgan fingerprint density at radius 2 is 1.56 bits per heavy atom. The Bertz CT molecular complexity index is 1350. The summed E-state index contributed by atoms with van der Waals surface area (Å²) >= 11 is 0. The summed E-state index contributed by atoms with van der Waals surface area (Å²) < 4.78 is 12.3. The van der Waals surface area contributed by atoms with Gasteiger partial charge >= 0.3 is 0 Å². The van der Waals surface area contributed by atoms with Crippen molar-refractivity contribution in [3.05, 3.63) is 48.5 Å². The van der Waals surface area contributed by atoms with Gasteiger partial charge in [-0.25, -0.2) is 0 Å². The van der Waals surface area contributed by atoms with Gasteiger partial charge in [0, 0.05) is 43.3 Å². The Morgan fingerprint density at radius 3 is 2.18 bits per heavy atom. The van der Waals surface area contributed by atoms with Gasteiger partial charge in [-0.15, -0.1) is 0 Å². The largest absolute Gasteiger partial charge is 0.494 e. The average molecular weight is 621 g/mol. The number of carbonyl (C=O) groups excluding carboxylic acids is 3. The number of aliphatic hydroxyl groups excluding tert-OH is 1. The maximum Gasteiger partial charge on any atom is 0.250 e. The summed E-state index contributed by atoms with van der Waals surface area (Å²) in [6.07, 6.45) is 4.14. The molecule has 0 saturated carbocycles. The highest BCUT2D eigenvalue weighted by Gasteiger charge is 2.77. The van der Waals surface area contributed by atoms with Crippen LogP contribution in [0, 0.1) is 11.8 Å². The molecule has 45 heavy (non-hydrogen) atoms. The summed E-state index contributed by atoms with van der Waals surface area (Å²) in [7, 11) is 0. The van der Waals surface area contributed by atoms with Crippen molar-refractivity contribution < 1.29 is 29.0 Å². The fourth-order valence-electron chi connectivity index (χ4n) is 7.69. The molecule has 3 saturated heterocycles. The van der Waals surface area contributed by atoms with Crippen LogP contribution in [0.1, 0.15) is 66.2 Å². The molecule has 244 valence electrons. The van der Waals surface area contributed by atoms with Gasteiger partial charge < -0.3 is 35.0 Å². The minimum absolute atomic E-state index is 0.128. The SMILES string of the molecule is CCOc1ccc(NC(=O)[C@@H]2[C@H]3C(=O)N(CCCCCCO)C(C(=O)Nc4ccc(N(CC)CC)cc4)C34CC[C@@]2(C)O4)cc1. The molecular weight excluding hydrogens is 572 g/mol. The maximum atomic E-state index is 14.3. The number of hydrogen-bond donors (Lipinski definition) is 3. The van der Waals surface area contributed by atoms with Crippen LogP contribution in [0.5, 0.6) is 5.75 Å². The number of ether oxygens (including phenoxy) is 2. The number of aliphatic hydroxyl groups is 1. The monoisotopic (exact) mass is 620 g/mol. The smallest absolute Gasteiger partial charge is 0.250 e. The number of nitrogens with zero attached hydrogens (tertiary/aromatic N) is 2. The summed E-state index contributed by atoms with van der Waals surface area (Å²) in [6.45, 7) is 10.8. The van der Waals surface area contributed by atoms with Gasteiger partial charge in [0.05, 0.1) is 24.0 Å². The fourth-order valence-corrected chi connectivity index (χ4v) is 7.69. The van der Waals surface area contributed by atoms with Crippen molar-refractivity contribution in [2.24, 2.45) is 11.8 Å². The van der Waals surface area contributed by atoms with Crippen molar-refractivity contribution in [2.45, 2.75) is 83.5 Å². The molecule has 2 bridgehead atoms. The Morgan fingerprint density at radius 1 is 0.933 bits per heavy atom. The topological polar surface area (TPSA) is 120 Å². The van der Waals surface area contributed by atoms with Gasteiger partial charge in [0.25, 0.3) is 0 Å². The molecule has 0 aliphatic carbocycles. The molecule has 3 amide bonds. The van der Waals surface area contributed by atoms with Gasteiger partial charge in [-0.3, -0.25) is 14.4 Å². The molecule has 5 atom stereocenters. The second-order valence-corrected chi connectivity index (χ2v) is 12.6. The van der Waals surface area contributed by atoms with E-state index in [2.05, 4.69) is 29.4 Å². The van der Waals surface area contributed by atoms with Crippen LogP contribution in [0.15, 0.2) is 48.5 Å². The number of hydrogen-bond acceptors (Lipinski definition) is 7. The Kier molecular flexibility index (Phi) is 10.0. The highest BCUT2D eigenvalue weighted by molar-refractivity contribution is 6.05. The molecule has 0 aromatic heterocycles. The van der Waals surface area contributed by atoms with Crippen LogP contribution < -0.4 is 20.3 Å². The minimum Gasteiger partial charge on any atom is -0.494 e. The van der Waals surface area contributed by atoms with E-state index >= 15 is 0 Å². The van der Waals surface area contributed by atoms with E-state index in [0.29, 0.717) is 56.0 Å². The van der Waals surface area contributed by atoms with Crippen molar-refractivity contribution in [1.29, 1.82) is 0 Å². The second-order valence-electron chi connectivity index (χ2n) is 12.6. The van der Waals surface area contributed by atoms with Gasteiger partial charge in [0.2, 0.25) is 17.7 Å². The van der Waals surface area contributed by atoms with Crippen molar-refractivity contribution >= 4 is 34.8 Å². The number of anilines is 3. The number of rotatable bonds is 15. The van der Waals surface area contributed by atoms with E-state index in [9.17, 15) is 19.5 Å². The summed E-state index contributed by atoms with van der Waals surface area (Å²) in [5, 5.41) is 15.3. The molecule has 2 aromatic rings. The zero-order chi connectivity index (χ0) is 32.2. The predicted octanol–water partition coefficient (Wildman–Crippen LogP) is 4.83. The first-order valence-electron chi connectivity index (χ1n) is 16.5. The standard InChI is InChI=1S/C35H48N4O6/c1-5-38(6-2)26-16-12-24(13-17-26)37-32(42)30-35-21-20-34(4,45-35)28(29(35)33(43)39(30)22-10-8-9-11-23-40)31(41)36-25-14-18-27(19-15-25)44-7-3/h12-19,28-30,40H,5-11,20-23H2,1-4H3,(H,36,41)(H,37,42)/t28-,29-,30?,34+,35?/m0/s1. The number of amides is 3. The minimum atomic E-state index is -1.09. The number of carbonyl (C=O) groups is 3. The first-order chi connectivity index (χ1) is 21.7. The van der Waals surface area contributed by atoms with Crippen LogP contribution in [-0.4, -0.2) is 77.8 Å². The van der Waals surface area contributed by atoms with E-state index in [1.165, 1.54) is 0 Å². The molecule has 3 fully saturated rings. The zero-order valence-corrected chi connectivity index (χ0v) is 27.0. The molecule has 3 aliphatic heterocycles. The third-order valence-electron chi connectivity index (χ3n) is 9.81. The van der Waals surface area contributed by atoms with Crippen molar-refractivity contribution in [3.8, 4) is 5.75 Å². The van der Waals surface area contributed by atoms with Gasteiger partial charge in [-0.05, 0) is 102 Å². The molecule has 3 N–H and O–H groups in total. The third-order valence-corrected chi connectivity index (χ3v) is 9.81. The zero-order valence-electron chi connectivity index (χ0n) is 27.0. The van der Waals surface area contributed by atoms with E-state index in [1.807, 2.05) is 38.1 Å². The Balaban J connectivity index is 1.40. The lowest BCUT2D eigenvalue weighted by molar-refractivity contribution is -0.143. The average Bonchev–Trinajstić information content (AvgIpc) is 3.60. The van der Waals surface area contributed by atoms with E-state index in [-0.39, 0.29) is 24.3 Å². The quantitative estimate of drug-likeness (QED) is 0.244. The molecule has 3 aliphatic rings. The molecule has 3 heterocycles. The van der Waals surface area contributed by atoms with Crippen molar-refractivity contribution in [3.63, 3.8) is 0 Å². The van der Waals surface area contributed by atoms with Crippen molar-refractivity contribution in [1.82, 2.24) is 4.90 Å². The van der Waals surface area contributed by atoms with Crippen LogP contribution in [-0.2, 0) is 19.1 Å². The van der Waals surface area contributed by atoms with Gasteiger partial charge in [0.15, 0.2) is 0 Å². The van der Waals surface area contributed by atoms with Crippen LogP contribution in [0.2, 0.25) is 0 Å². The number of nitrogens with one attached hydrogen (secondary N) is 2. The lowest BCUT2D eigenvalue weighted by Crippen LogP contribution is -2.53. The first-order valence-corrected chi connectivity index (χ1v) is 16.5. The lowest BCUT2D eigenvalue weighted by Gasteiger charge is -2.33. The first kappa shape index (κ1) is 32.8. The second kappa shape index (κ2) is 13.8. The molecule has 10 nitrogen and oxygen atoms in total. The highest BCUT2D eigenvalue weighted by atomic mass is 16.5. The maximum absolute atomic E-state index is 14.3. The van der Waals surface area contributed by atoms with E-state index in [1.54, 1.807) is 29.2 Å². The fraction of sp³-hybridized carbons (Fsp3) is 0.571. The van der Waals surface area contributed by atoms with Crippen molar-refractivity contribution in [2.75, 3.05) is 48.4 Å². The summed E-state index contributed by atoms with van der Waals surface area (Å²) in [4.78, 5) is 46.3. The lowest BCUT2D eigenvalue weighted by atomic mass is 9.66. The van der Waals surface area contributed by atoms with E-state index < -0.39 is 29.1 Å². The third kappa shape index (κ3) is 6.27. The van der Waals surface area contributed by atoms with Gasteiger partial charge in [0.1, 0.15) is 17.4 Å². The molecule has 10 heteroatoms. The molecule has 2 unspecified atom stereocenters. The van der Waals surface area contributed by atoms with Crippen LogP contribution in [0.25, 0.3) is 0 Å². The van der Waals surface area contributed by atoms with E-state index in [4.69, 9.17) is 9.47 Å². The Hall–Kier alpha value is -3.63. The number of benzene rings is 2. The predicted molar refractivity (Wildman–Crippen MR) is 174 cm³/mol. The summed E-state index contributed by atoms with van der Waals surface area (Å²) in [5.74, 6) is -1.58. The van der Waals surface area contributed by atoms with Gasteiger partial charge in [-0.1, -0.05) is 12.8 Å².